The summed E-state index contributed by atoms with van der Waals surface area (Å²) in [5.74, 6) is -2.21. The minimum absolute atomic E-state index is 0. The number of carbonyl (C=O) groups excluding carboxylic acids is 2. The Morgan fingerprint density at radius 3 is 1.82 bits per heavy atom. The topological polar surface area (TPSA) is 89.5 Å². The van der Waals surface area contributed by atoms with Crippen LogP contribution in [0.2, 0.25) is 0 Å². The Bertz CT molecular complexity index is 113. The molecule has 0 saturated carbocycles. The number of rotatable bonds is 2. The summed E-state index contributed by atoms with van der Waals surface area (Å²) >= 11 is 0. The number of carbonyl (C=O) groups is 2. The first kappa shape index (κ1) is 17.0. The molecule has 0 aromatic carbocycles. The molecule has 0 bridgehead atoms. The van der Waals surface area contributed by atoms with Crippen LogP contribution in [0.25, 0.3) is 0 Å². The molecule has 0 heterocycles. The molecule has 0 atom stereocenters. The standard InChI is InChI=1S/C4H6O4.CH3O.Mg/c1-8-4(7)2-3(5)6;1-2;/h2H2,1H3,(H,5,6);1H3;/q;-1;+2/p-1. The van der Waals surface area contributed by atoms with Gasteiger partial charge >= 0.3 is 29.0 Å². The summed E-state index contributed by atoms with van der Waals surface area (Å²) in [6, 6.07) is 0. The molecule has 0 saturated heterocycles. The smallest absolute Gasteiger partial charge is 0.857 e. The number of hydrogen-bond donors (Lipinski definition) is 0. The third-order valence-corrected chi connectivity index (χ3v) is 0.516. The van der Waals surface area contributed by atoms with E-state index in [1.54, 1.807) is 0 Å². The van der Waals surface area contributed by atoms with Gasteiger partial charge < -0.3 is 19.7 Å². The van der Waals surface area contributed by atoms with Crippen molar-refractivity contribution in [3.8, 4) is 0 Å². The van der Waals surface area contributed by atoms with E-state index < -0.39 is 18.4 Å². The van der Waals surface area contributed by atoms with Crippen molar-refractivity contribution in [2.75, 3.05) is 14.2 Å². The Balaban J connectivity index is -0.000000196. The molecule has 0 aliphatic heterocycles. The summed E-state index contributed by atoms with van der Waals surface area (Å²) in [6.07, 6.45) is -0.670. The van der Waals surface area contributed by atoms with Gasteiger partial charge in [0.15, 0.2) is 0 Å². The molecule has 0 aromatic rings. The third kappa shape index (κ3) is 17.7. The zero-order valence-corrected chi connectivity index (χ0v) is 7.87. The van der Waals surface area contributed by atoms with E-state index >= 15 is 0 Å². The van der Waals surface area contributed by atoms with Crippen molar-refractivity contribution in [2.24, 2.45) is 0 Å². The molecule has 5 nitrogen and oxygen atoms in total. The molecule has 0 amide bonds. The van der Waals surface area contributed by atoms with Gasteiger partial charge in [0, 0.05) is 0 Å². The van der Waals surface area contributed by atoms with E-state index in [-0.39, 0.29) is 23.1 Å². The number of carboxylic acids is 1. The Morgan fingerprint density at radius 1 is 1.36 bits per heavy atom. The fourth-order valence-electron chi connectivity index (χ4n) is 0.190. The number of hydrogen-bond acceptors (Lipinski definition) is 5. The van der Waals surface area contributed by atoms with Crippen LogP contribution in [0.5, 0.6) is 0 Å². The minimum atomic E-state index is -1.42. The van der Waals surface area contributed by atoms with Gasteiger partial charge in [-0.05, 0) is 0 Å². The molecule has 0 aliphatic rings. The van der Waals surface area contributed by atoms with E-state index in [1.165, 1.54) is 0 Å². The Labute approximate surface area is 80.5 Å². The normalized spacial score (nSPS) is 6.45. The van der Waals surface area contributed by atoms with Gasteiger partial charge in [-0.25, -0.2) is 0 Å². The largest absolute Gasteiger partial charge is 2.00 e. The van der Waals surface area contributed by atoms with Crippen molar-refractivity contribution >= 4 is 35.0 Å². The number of ether oxygens (including phenoxy) is 1. The molecule has 60 valence electrons. The van der Waals surface area contributed by atoms with Crippen molar-refractivity contribution in [1.82, 2.24) is 0 Å². The van der Waals surface area contributed by atoms with Crippen LogP contribution in [0.3, 0.4) is 0 Å². The molecule has 0 spiro atoms. The van der Waals surface area contributed by atoms with E-state index in [4.69, 9.17) is 5.11 Å². The van der Waals surface area contributed by atoms with Gasteiger partial charge in [-0.3, -0.25) is 4.79 Å². The number of aliphatic carboxylic acids is 1. The Hall–Kier alpha value is -0.334. The molecular formula is C5H8MgO5. The quantitative estimate of drug-likeness (QED) is 0.250. The second-order valence-corrected chi connectivity index (χ2v) is 1.12. The molecule has 0 N–H and O–H groups in total. The van der Waals surface area contributed by atoms with E-state index in [0.717, 1.165) is 14.2 Å². The second kappa shape index (κ2) is 12.4. The SMILES string of the molecule is COC(=O)CC(=O)[O-].C[O-].[Mg+2]. The summed E-state index contributed by atoms with van der Waals surface area (Å²) in [5.41, 5.74) is 0. The molecule has 0 unspecified atom stereocenters. The summed E-state index contributed by atoms with van der Waals surface area (Å²) in [6.45, 7) is 0. The van der Waals surface area contributed by atoms with Gasteiger partial charge in [0.05, 0.1) is 19.5 Å². The first-order valence-electron chi connectivity index (χ1n) is 2.34. The van der Waals surface area contributed by atoms with Crippen LogP contribution in [0, 0.1) is 0 Å². The van der Waals surface area contributed by atoms with Crippen molar-refractivity contribution in [3.05, 3.63) is 0 Å². The second-order valence-electron chi connectivity index (χ2n) is 1.12. The van der Waals surface area contributed by atoms with Gasteiger partial charge in [-0.2, -0.15) is 7.11 Å². The molecule has 0 radical (unpaired) electrons. The van der Waals surface area contributed by atoms with Gasteiger partial charge in [-0.1, -0.05) is 0 Å². The van der Waals surface area contributed by atoms with Gasteiger partial charge in [0.2, 0.25) is 0 Å². The van der Waals surface area contributed by atoms with Crippen molar-refractivity contribution in [1.29, 1.82) is 0 Å². The zero-order chi connectivity index (χ0) is 8.57. The average molecular weight is 172 g/mol. The minimum Gasteiger partial charge on any atom is -0.857 e. The maximum atomic E-state index is 9.98. The van der Waals surface area contributed by atoms with E-state index in [1.807, 2.05) is 0 Å². The third-order valence-electron chi connectivity index (χ3n) is 0.516. The van der Waals surface area contributed by atoms with Gasteiger partial charge in [0.25, 0.3) is 0 Å². The van der Waals surface area contributed by atoms with Crippen LogP contribution in [-0.2, 0) is 14.3 Å². The summed E-state index contributed by atoms with van der Waals surface area (Å²) in [4.78, 5) is 19.5. The van der Waals surface area contributed by atoms with E-state index in [0.29, 0.717) is 0 Å². The molecule has 11 heavy (non-hydrogen) atoms. The summed E-state index contributed by atoms with van der Waals surface area (Å²) < 4.78 is 4.00. The van der Waals surface area contributed by atoms with Gasteiger partial charge in [0.1, 0.15) is 0 Å². The first-order chi connectivity index (χ1) is 4.66. The fourth-order valence-corrected chi connectivity index (χ4v) is 0.190. The van der Waals surface area contributed by atoms with Crippen LogP contribution < -0.4 is 10.2 Å². The summed E-state index contributed by atoms with van der Waals surface area (Å²) in [5, 5.41) is 17.8. The maximum absolute atomic E-state index is 9.98. The van der Waals surface area contributed by atoms with Crippen molar-refractivity contribution in [3.63, 3.8) is 0 Å². The number of methoxy groups -OCH3 is 1. The molecule has 0 aliphatic carbocycles. The Morgan fingerprint density at radius 2 is 1.73 bits per heavy atom. The molecular weight excluding hydrogens is 164 g/mol. The van der Waals surface area contributed by atoms with Crippen LogP contribution in [0.15, 0.2) is 0 Å². The van der Waals surface area contributed by atoms with Crippen molar-refractivity contribution < 1.29 is 24.5 Å². The maximum Gasteiger partial charge on any atom is 2.00 e. The average Bonchev–Trinajstić information content (AvgIpc) is 1.91. The van der Waals surface area contributed by atoms with Crippen LogP contribution in [0.1, 0.15) is 6.42 Å². The van der Waals surface area contributed by atoms with Crippen LogP contribution in [0.4, 0.5) is 0 Å². The number of carboxylic acid groups (broad SMARTS) is 1. The summed E-state index contributed by atoms with van der Waals surface area (Å²) in [7, 11) is 1.87. The molecule has 6 heteroatoms. The van der Waals surface area contributed by atoms with Gasteiger partial charge in [-0.15, -0.1) is 0 Å². The van der Waals surface area contributed by atoms with Crippen LogP contribution in [-0.4, -0.2) is 49.2 Å². The molecule has 0 rings (SSSR count). The predicted molar refractivity (Wildman–Crippen MR) is 33.3 cm³/mol. The Kier molecular flexibility index (Phi) is 19.0. The fraction of sp³-hybridized carbons (Fsp3) is 0.600. The molecule has 0 aromatic heterocycles. The van der Waals surface area contributed by atoms with E-state index in [2.05, 4.69) is 4.74 Å². The van der Waals surface area contributed by atoms with Crippen LogP contribution >= 0.6 is 0 Å². The first-order valence-corrected chi connectivity index (χ1v) is 2.34. The monoisotopic (exact) mass is 172 g/mol. The molecule has 0 fully saturated rings. The van der Waals surface area contributed by atoms with E-state index in [9.17, 15) is 14.7 Å². The zero-order valence-electron chi connectivity index (χ0n) is 6.46. The predicted octanol–water partition coefficient (Wildman–Crippen LogP) is -3.10. The van der Waals surface area contributed by atoms with Crippen molar-refractivity contribution in [2.45, 2.75) is 6.42 Å². The number of esters is 1.